The van der Waals surface area contributed by atoms with Crippen molar-refractivity contribution < 1.29 is 9.53 Å². The van der Waals surface area contributed by atoms with Crippen LogP contribution < -0.4 is 5.32 Å². The Morgan fingerprint density at radius 1 is 1.31 bits per heavy atom. The van der Waals surface area contributed by atoms with Gasteiger partial charge in [0, 0.05) is 12.5 Å². The molecule has 1 aliphatic rings. The van der Waals surface area contributed by atoms with Crippen molar-refractivity contribution in [3.63, 3.8) is 0 Å². The molecule has 1 saturated carbocycles. The lowest BCUT2D eigenvalue weighted by Crippen LogP contribution is -2.33. The SMILES string of the molecule is CCC1CCC(NCCCC(=O)OC)CC1. The molecule has 16 heavy (non-hydrogen) atoms. The Balaban J connectivity index is 2.00. The zero-order valence-corrected chi connectivity index (χ0v) is 10.6. The van der Waals surface area contributed by atoms with Crippen LogP contribution in [-0.2, 0) is 9.53 Å². The highest BCUT2D eigenvalue weighted by Gasteiger charge is 2.18. The van der Waals surface area contributed by atoms with E-state index in [1.165, 1.54) is 39.2 Å². The lowest BCUT2D eigenvalue weighted by Gasteiger charge is -2.28. The predicted octanol–water partition coefficient (Wildman–Crippen LogP) is 2.50. The van der Waals surface area contributed by atoms with Crippen LogP contribution in [0.2, 0.25) is 0 Å². The van der Waals surface area contributed by atoms with Gasteiger partial charge in [0.25, 0.3) is 0 Å². The third-order valence-corrected chi connectivity index (χ3v) is 3.64. The number of hydrogen-bond donors (Lipinski definition) is 1. The van der Waals surface area contributed by atoms with E-state index in [0.717, 1.165) is 18.9 Å². The Kier molecular flexibility index (Phi) is 6.46. The van der Waals surface area contributed by atoms with Gasteiger partial charge in [0.1, 0.15) is 0 Å². The van der Waals surface area contributed by atoms with Crippen LogP contribution in [0.3, 0.4) is 0 Å². The molecule has 0 atom stereocenters. The maximum absolute atomic E-state index is 10.9. The van der Waals surface area contributed by atoms with E-state index in [4.69, 9.17) is 0 Å². The Morgan fingerprint density at radius 2 is 2.00 bits per heavy atom. The quantitative estimate of drug-likeness (QED) is 0.559. The second-order valence-corrected chi connectivity index (χ2v) is 4.76. The first-order chi connectivity index (χ1) is 7.76. The normalized spacial score (nSPS) is 25.4. The number of esters is 1. The van der Waals surface area contributed by atoms with Crippen molar-refractivity contribution in [2.75, 3.05) is 13.7 Å². The van der Waals surface area contributed by atoms with Gasteiger partial charge in [-0.2, -0.15) is 0 Å². The topological polar surface area (TPSA) is 38.3 Å². The van der Waals surface area contributed by atoms with Crippen LogP contribution in [0.1, 0.15) is 51.9 Å². The molecule has 0 saturated heterocycles. The number of ether oxygens (including phenoxy) is 1. The average Bonchev–Trinajstić information content (AvgIpc) is 2.35. The van der Waals surface area contributed by atoms with Gasteiger partial charge in [-0.3, -0.25) is 4.79 Å². The summed E-state index contributed by atoms with van der Waals surface area (Å²) in [7, 11) is 1.45. The van der Waals surface area contributed by atoms with Gasteiger partial charge in [-0.25, -0.2) is 0 Å². The number of nitrogens with one attached hydrogen (secondary N) is 1. The Hall–Kier alpha value is -0.570. The molecule has 0 heterocycles. The van der Waals surface area contributed by atoms with Gasteiger partial charge in [-0.05, 0) is 44.6 Å². The number of rotatable bonds is 6. The summed E-state index contributed by atoms with van der Waals surface area (Å²) >= 11 is 0. The molecule has 1 rings (SSSR count). The summed E-state index contributed by atoms with van der Waals surface area (Å²) in [5.41, 5.74) is 0. The van der Waals surface area contributed by atoms with E-state index >= 15 is 0 Å². The second-order valence-electron chi connectivity index (χ2n) is 4.76. The van der Waals surface area contributed by atoms with Crippen LogP contribution in [0.4, 0.5) is 0 Å². The standard InChI is InChI=1S/C13H25NO2/c1-3-11-6-8-12(9-7-11)14-10-4-5-13(15)16-2/h11-12,14H,3-10H2,1-2H3. The largest absolute Gasteiger partial charge is 0.469 e. The molecule has 94 valence electrons. The molecule has 1 fully saturated rings. The molecule has 0 amide bonds. The number of methoxy groups -OCH3 is 1. The molecular weight excluding hydrogens is 202 g/mol. The highest BCUT2D eigenvalue weighted by molar-refractivity contribution is 5.69. The van der Waals surface area contributed by atoms with E-state index < -0.39 is 0 Å². The van der Waals surface area contributed by atoms with E-state index in [9.17, 15) is 4.79 Å². The van der Waals surface area contributed by atoms with Crippen molar-refractivity contribution in [3.8, 4) is 0 Å². The molecule has 0 unspecified atom stereocenters. The fourth-order valence-corrected chi connectivity index (χ4v) is 2.42. The minimum Gasteiger partial charge on any atom is -0.469 e. The lowest BCUT2D eigenvalue weighted by molar-refractivity contribution is -0.140. The second kappa shape index (κ2) is 7.66. The van der Waals surface area contributed by atoms with Crippen molar-refractivity contribution in [1.29, 1.82) is 0 Å². The van der Waals surface area contributed by atoms with Gasteiger partial charge in [-0.15, -0.1) is 0 Å². The van der Waals surface area contributed by atoms with Crippen molar-refractivity contribution in [1.82, 2.24) is 5.32 Å². The summed E-state index contributed by atoms with van der Waals surface area (Å²) in [5.74, 6) is 0.851. The van der Waals surface area contributed by atoms with E-state index in [1.807, 2.05) is 0 Å². The average molecular weight is 227 g/mol. The molecule has 1 aliphatic carbocycles. The first-order valence-corrected chi connectivity index (χ1v) is 6.56. The van der Waals surface area contributed by atoms with Gasteiger partial charge in [-0.1, -0.05) is 13.3 Å². The third kappa shape index (κ3) is 4.97. The summed E-state index contributed by atoms with van der Waals surface area (Å²) in [6, 6.07) is 0.681. The van der Waals surface area contributed by atoms with E-state index in [1.54, 1.807) is 0 Å². The van der Waals surface area contributed by atoms with Crippen molar-refractivity contribution in [2.45, 2.75) is 57.9 Å². The van der Waals surface area contributed by atoms with Gasteiger partial charge >= 0.3 is 5.97 Å². The fraction of sp³-hybridized carbons (Fsp3) is 0.923. The number of hydrogen-bond acceptors (Lipinski definition) is 3. The molecule has 0 aliphatic heterocycles. The highest BCUT2D eigenvalue weighted by atomic mass is 16.5. The predicted molar refractivity (Wildman–Crippen MR) is 65.3 cm³/mol. The summed E-state index contributed by atoms with van der Waals surface area (Å²) in [6.07, 6.45) is 8.09. The summed E-state index contributed by atoms with van der Waals surface area (Å²) in [5, 5.41) is 3.54. The Morgan fingerprint density at radius 3 is 2.56 bits per heavy atom. The van der Waals surface area contributed by atoms with Crippen molar-refractivity contribution in [2.24, 2.45) is 5.92 Å². The van der Waals surface area contributed by atoms with Crippen LogP contribution in [-0.4, -0.2) is 25.7 Å². The Labute approximate surface area is 98.9 Å². The molecule has 0 aromatic carbocycles. The summed E-state index contributed by atoms with van der Waals surface area (Å²) < 4.78 is 4.60. The lowest BCUT2D eigenvalue weighted by atomic mass is 9.84. The first kappa shape index (κ1) is 13.5. The van der Waals surface area contributed by atoms with Crippen LogP contribution in [0, 0.1) is 5.92 Å². The molecule has 0 aromatic heterocycles. The molecule has 0 radical (unpaired) electrons. The minimum absolute atomic E-state index is 0.100. The zero-order valence-electron chi connectivity index (χ0n) is 10.6. The number of carbonyl (C=O) groups excluding carboxylic acids is 1. The van der Waals surface area contributed by atoms with Gasteiger partial charge in [0.05, 0.1) is 7.11 Å². The molecule has 0 aromatic rings. The van der Waals surface area contributed by atoms with Crippen LogP contribution in [0.5, 0.6) is 0 Å². The summed E-state index contributed by atoms with van der Waals surface area (Å²) in [4.78, 5) is 10.9. The number of carbonyl (C=O) groups is 1. The van der Waals surface area contributed by atoms with Crippen LogP contribution in [0.15, 0.2) is 0 Å². The maximum atomic E-state index is 10.9. The molecule has 1 N–H and O–H groups in total. The smallest absolute Gasteiger partial charge is 0.305 e. The first-order valence-electron chi connectivity index (χ1n) is 6.56. The monoisotopic (exact) mass is 227 g/mol. The van der Waals surface area contributed by atoms with Gasteiger partial charge < -0.3 is 10.1 Å². The molecule has 3 heteroatoms. The zero-order chi connectivity index (χ0) is 11.8. The maximum Gasteiger partial charge on any atom is 0.305 e. The minimum atomic E-state index is -0.100. The summed E-state index contributed by atoms with van der Waals surface area (Å²) in [6.45, 7) is 3.23. The van der Waals surface area contributed by atoms with Crippen molar-refractivity contribution in [3.05, 3.63) is 0 Å². The van der Waals surface area contributed by atoms with E-state index in [2.05, 4.69) is 17.0 Å². The molecule has 0 bridgehead atoms. The third-order valence-electron chi connectivity index (χ3n) is 3.64. The highest BCUT2D eigenvalue weighted by Crippen LogP contribution is 2.26. The van der Waals surface area contributed by atoms with E-state index in [-0.39, 0.29) is 5.97 Å². The Bertz CT molecular complexity index is 198. The molecular formula is C13H25NO2. The van der Waals surface area contributed by atoms with Crippen LogP contribution in [0.25, 0.3) is 0 Å². The van der Waals surface area contributed by atoms with E-state index in [0.29, 0.717) is 12.5 Å². The molecule has 0 spiro atoms. The van der Waals surface area contributed by atoms with Gasteiger partial charge in [0.15, 0.2) is 0 Å². The van der Waals surface area contributed by atoms with Gasteiger partial charge in [0.2, 0.25) is 0 Å². The fourth-order valence-electron chi connectivity index (χ4n) is 2.42. The van der Waals surface area contributed by atoms with Crippen LogP contribution >= 0.6 is 0 Å². The molecule has 3 nitrogen and oxygen atoms in total. The van der Waals surface area contributed by atoms with Crippen molar-refractivity contribution >= 4 is 5.97 Å².